The molecular weight excluding hydrogens is 260 g/mol. The SMILES string of the molecule is CC(C)CNC(=O)CCNc1cc(C(N)=S)ccn1. The first-order valence-corrected chi connectivity index (χ1v) is 6.66. The van der Waals surface area contributed by atoms with Gasteiger partial charge in [0.15, 0.2) is 0 Å². The van der Waals surface area contributed by atoms with Gasteiger partial charge in [0.2, 0.25) is 5.91 Å². The van der Waals surface area contributed by atoms with Crippen LogP contribution in [0.25, 0.3) is 0 Å². The Hall–Kier alpha value is -1.69. The van der Waals surface area contributed by atoms with Crippen molar-refractivity contribution in [3.05, 3.63) is 23.9 Å². The van der Waals surface area contributed by atoms with Gasteiger partial charge in [-0.2, -0.15) is 0 Å². The average Bonchev–Trinajstić information content (AvgIpc) is 2.36. The molecule has 5 nitrogen and oxygen atoms in total. The van der Waals surface area contributed by atoms with Crippen LogP contribution in [0.1, 0.15) is 25.8 Å². The quantitative estimate of drug-likeness (QED) is 0.656. The molecule has 1 amide bonds. The fourth-order valence-electron chi connectivity index (χ4n) is 1.39. The van der Waals surface area contributed by atoms with Crippen LogP contribution in [-0.4, -0.2) is 29.0 Å². The molecule has 0 aliphatic rings. The van der Waals surface area contributed by atoms with Gasteiger partial charge in [0.25, 0.3) is 0 Å². The minimum atomic E-state index is 0.0340. The molecule has 6 heteroatoms. The van der Waals surface area contributed by atoms with Crippen molar-refractivity contribution in [2.24, 2.45) is 11.7 Å². The molecule has 0 unspecified atom stereocenters. The fourth-order valence-corrected chi connectivity index (χ4v) is 1.52. The Bertz CT molecular complexity index is 448. The van der Waals surface area contributed by atoms with Crippen molar-refractivity contribution >= 4 is 28.9 Å². The normalized spacial score (nSPS) is 10.3. The highest BCUT2D eigenvalue weighted by atomic mass is 32.1. The summed E-state index contributed by atoms with van der Waals surface area (Å²) >= 11 is 4.89. The first-order valence-electron chi connectivity index (χ1n) is 6.25. The molecule has 4 N–H and O–H groups in total. The summed E-state index contributed by atoms with van der Waals surface area (Å²) < 4.78 is 0. The largest absolute Gasteiger partial charge is 0.389 e. The van der Waals surface area contributed by atoms with Crippen LogP contribution in [0.2, 0.25) is 0 Å². The average molecular weight is 280 g/mol. The Labute approximate surface area is 119 Å². The van der Waals surface area contributed by atoms with E-state index in [0.29, 0.717) is 36.2 Å². The number of aromatic nitrogens is 1. The van der Waals surface area contributed by atoms with E-state index in [1.54, 1.807) is 18.3 Å². The van der Waals surface area contributed by atoms with Crippen molar-refractivity contribution < 1.29 is 4.79 Å². The molecule has 0 saturated carbocycles. The summed E-state index contributed by atoms with van der Waals surface area (Å²) in [7, 11) is 0. The molecule has 0 aromatic carbocycles. The van der Waals surface area contributed by atoms with Gasteiger partial charge in [-0.1, -0.05) is 26.1 Å². The van der Waals surface area contributed by atoms with Gasteiger partial charge in [0, 0.05) is 31.3 Å². The van der Waals surface area contributed by atoms with Crippen molar-refractivity contribution in [1.82, 2.24) is 10.3 Å². The molecule has 0 fully saturated rings. The lowest BCUT2D eigenvalue weighted by molar-refractivity contribution is -0.120. The van der Waals surface area contributed by atoms with E-state index in [0.717, 1.165) is 5.56 Å². The molecule has 0 atom stereocenters. The Morgan fingerprint density at radius 2 is 2.26 bits per heavy atom. The van der Waals surface area contributed by atoms with Gasteiger partial charge in [0.1, 0.15) is 10.8 Å². The van der Waals surface area contributed by atoms with Crippen LogP contribution in [0.3, 0.4) is 0 Å². The van der Waals surface area contributed by atoms with Crippen molar-refractivity contribution in [1.29, 1.82) is 0 Å². The predicted octanol–water partition coefficient (Wildman–Crippen LogP) is 1.29. The van der Waals surface area contributed by atoms with E-state index in [9.17, 15) is 4.79 Å². The van der Waals surface area contributed by atoms with Crippen LogP contribution in [0.15, 0.2) is 18.3 Å². The zero-order chi connectivity index (χ0) is 14.3. The molecule has 0 bridgehead atoms. The van der Waals surface area contributed by atoms with Gasteiger partial charge >= 0.3 is 0 Å². The number of carbonyl (C=O) groups excluding carboxylic acids is 1. The standard InChI is InChI=1S/C13H20N4OS/c1-9(2)8-17-12(18)4-6-16-11-7-10(13(14)19)3-5-15-11/h3,5,7,9H,4,6,8H2,1-2H3,(H2,14,19)(H,15,16)(H,17,18). The maximum absolute atomic E-state index is 11.5. The maximum Gasteiger partial charge on any atom is 0.221 e. The highest BCUT2D eigenvalue weighted by Gasteiger charge is 2.03. The lowest BCUT2D eigenvalue weighted by Gasteiger charge is -2.09. The summed E-state index contributed by atoms with van der Waals surface area (Å²) in [6.07, 6.45) is 2.04. The summed E-state index contributed by atoms with van der Waals surface area (Å²) in [6.45, 7) is 5.35. The lowest BCUT2D eigenvalue weighted by atomic mass is 10.2. The fraction of sp³-hybridized carbons (Fsp3) is 0.462. The third-order valence-corrected chi connectivity index (χ3v) is 2.65. The second-order valence-corrected chi connectivity index (χ2v) is 5.11. The number of carbonyl (C=O) groups is 1. The van der Waals surface area contributed by atoms with Crippen LogP contribution >= 0.6 is 12.2 Å². The van der Waals surface area contributed by atoms with E-state index in [1.165, 1.54) is 0 Å². The molecule has 0 saturated heterocycles. The molecule has 19 heavy (non-hydrogen) atoms. The predicted molar refractivity (Wildman–Crippen MR) is 81.1 cm³/mol. The number of thiocarbonyl (C=S) groups is 1. The Kier molecular flexibility index (Phi) is 6.21. The number of nitrogens with two attached hydrogens (primary N) is 1. The topological polar surface area (TPSA) is 80.0 Å². The molecule has 0 aliphatic heterocycles. The van der Waals surface area contributed by atoms with Gasteiger partial charge in [0.05, 0.1) is 0 Å². The van der Waals surface area contributed by atoms with E-state index in [2.05, 4.69) is 29.5 Å². The molecule has 104 valence electrons. The zero-order valence-corrected chi connectivity index (χ0v) is 12.1. The zero-order valence-electron chi connectivity index (χ0n) is 11.3. The molecule has 1 aromatic heterocycles. The van der Waals surface area contributed by atoms with Gasteiger partial charge in [-0.15, -0.1) is 0 Å². The van der Waals surface area contributed by atoms with Crippen LogP contribution in [0.5, 0.6) is 0 Å². The molecule has 1 aromatic rings. The first kappa shape index (κ1) is 15.4. The number of anilines is 1. The van der Waals surface area contributed by atoms with Crippen LogP contribution < -0.4 is 16.4 Å². The number of hydrogen-bond donors (Lipinski definition) is 3. The highest BCUT2D eigenvalue weighted by Crippen LogP contribution is 2.06. The lowest BCUT2D eigenvalue weighted by Crippen LogP contribution is -2.28. The molecule has 0 aliphatic carbocycles. The monoisotopic (exact) mass is 280 g/mol. The van der Waals surface area contributed by atoms with Crippen molar-refractivity contribution in [2.75, 3.05) is 18.4 Å². The van der Waals surface area contributed by atoms with Crippen LogP contribution in [0, 0.1) is 5.92 Å². The number of nitrogens with zero attached hydrogens (tertiary/aromatic N) is 1. The molecule has 1 heterocycles. The summed E-state index contributed by atoms with van der Waals surface area (Å²) in [5.41, 5.74) is 6.30. The molecule has 1 rings (SSSR count). The van der Waals surface area contributed by atoms with Gasteiger partial charge in [-0.3, -0.25) is 4.79 Å². The maximum atomic E-state index is 11.5. The molecule has 0 spiro atoms. The van der Waals surface area contributed by atoms with Crippen LogP contribution in [0.4, 0.5) is 5.82 Å². The van der Waals surface area contributed by atoms with E-state index in [-0.39, 0.29) is 5.91 Å². The minimum absolute atomic E-state index is 0.0340. The van der Waals surface area contributed by atoms with E-state index >= 15 is 0 Å². The van der Waals surface area contributed by atoms with Gasteiger partial charge < -0.3 is 16.4 Å². The third-order valence-electron chi connectivity index (χ3n) is 2.41. The van der Waals surface area contributed by atoms with E-state index < -0.39 is 0 Å². The number of hydrogen-bond acceptors (Lipinski definition) is 4. The summed E-state index contributed by atoms with van der Waals surface area (Å²) in [5, 5.41) is 5.93. The number of nitrogens with one attached hydrogen (secondary N) is 2. The number of pyridine rings is 1. The van der Waals surface area contributed by atoms with Crippen molar-refractivity contribution in [2.45, 2.75) is 20.3 Å². The van der Waals surface area contributed by atoms with E-state index in [4.69, 9.17) is 18.0 Å². The highest BCUT2D eigenvalue weighted by molar-refractivity contribution is 7.80. The van der Waals surface area contributed by atoms with Crippen molar-refractivity contribution in [3.63, 3.8) is 0 Å². The Morgan fingerprint density at radius 3 is 2.89 bits per heavy atom. The summed E-state index contributed by atoms with van der Waals surface area (Å²) in [5.74, 6) is 1.16. The second kappa shape index (κ2) is 7.68. The second-order valence-electron chi connectivity index (χ2n) is 4.67. The Balaban J connectivity index is 2.35. The molecular formula is C13H20N4OS. The third kappa shape index (κ3) is 6.15. The van der Waals surface area contributed by atoms with Gasteiger partial charge in [-0.25, -0.2) is 4.98 Å². The molecule has 0 radical (unpaired) electrons. The Morgan fingerprint density at radius 1 is 1.53 bits per heavy atom. The van der Waals surface area contributed by atoms with Crippen LogP contribution in [-0.2, 0) is 4.79 Å². The smallest absolute Gasteiger partial charge is 0.221 e. The summed E-state index contributed by atoms with van der Waals surface area (Å²) in [4.78, 5) is 16.0. The summed E-state index contributed by atoms with van der Waals surface area (Å²) in [6, 6.07) is 3.53. The first-order chi connectivity index (χ1) is 8.99. The van der Waals surface area contributed by atoms with E-state index in [1.807, 2.05) is 0 Å². The number of amides is 1. The van der Waals surface area contributed by atoms with Gasteiger partial charge in [-0.05, 0) is 18.1 Å². The van der Waals surface area contributed by atoms with Crippen molar-refractivity contribution in [3.8, 4) is 0 Å². The minimum Gasteiger partial charge on any atom is -0.389 e. The number of rotatable bonds is 7.